The Labute approximate surface area is 177 Å². The predicted molar refractivity (Wildman–Crippen MR) is 112 cm³/mol. The molecule has 2 aromatic carbocycles. The van der Waals surface area contributed by atoms with Crippen LogP contribution in [0.15, 0.2) is 47.4 Å². The van der Waals surface area contributed by atoms with E-state index in [1.165, 1.54) is 14.2 Å². The van der Waals surface area contributed by atoms with Crippen molar-refractivity contribution < 1.29 is 27.5 Å². The average molecular weight is 431 g/mol. The molecule has 0 heterocycles. The highest BCUT2D eigenvalue weighted by Crippen LogP contribution is 2.45. The summed E-state index contributed by atoms with van der Waals surface area (Å²) >= 11 is 0. The van der Waals surface area contributed by atoms with Crippen LogP contribution in [0.1, 0.15) is 34.6 Å². The minimum atomic E-state index is -3.65. The highest BCUT2D eigenvalue weighted by molar-refractivity contribution is 7.91. The van der Waals surface area contributed by atoms with E-state index in [9.17, 15) is 18.0 Å². The summed E-state index contributed by atoms with van der Waals surface area (Å²) in [7, 11) is -1.22. The number of methoxy groups -OCH3 is 2. The zero-order valence-corrected chi connectivity index (χ0v) is 18.4. The second-order valence-electron chi connectivity index (χ2n) is 7.94. The molecular weight excluding hydrogens is 404 g/mol. The lowest BCUT2D eigenvalue weighted by Gasteiger charge is -2.37. The van der Waals surface area contributed by atoms with E-state index in [4.69, 9.17) is 9.47 Å². The van der Waals surface area contributed by atoms with Crippen molar-refractivity contribution in [3.8, 4) is 0 Å². The molecule has 2 aromatic rings. The number of rotatable bonds is 5. The Morgan fingerprint density at radius 3 is 2.10 bits per heavy atom. The van der Waals surface area contributed by atoms with Crippen LogP contribution in [0.2, 0.25) is 0 Å². The standard InChI is InChI=1S/C23H26O6S/c1-15-6-9-19(10-7-15)30(26,27)14-18-13-23(21(24)28-3,22(25)29-4)12-17-8-5-16(2)11-20(17)18/h5-11,18H,12-14H2,1-4H3. The van der Waals surface area contributed by atoms with E-state index >= 15 is 0 Å². The number of fused-ring (bicyclic) bond motifs is 1. The summed E-state index contributed by atoms with van der Waals surface area (Å²) in [6.45, 7) is 3.81. The summed E-state index contributed by atoms with van der Waals surface area (Å²) in [6, 6.07) is 12.3. The van der Waals surface area contributed by atoms with Crippen LogP contribution in [-0.4, -0.2) is 40.3 Å². The van der Waals surface area contributed by atoms with Crippen molar-refractivity contribution in [2.75, 3.05) is 20.0 Å². The third-order valence-electron chi connectivity index (χ3n) is 5.78. The quantitative estimate of drug-likeness (QED) is 0.535. The maximum Gasteiger partial charge on any atom is 0.323 e. The van der Waals surface area contributed by atoms with E-state index in [0.29, 0.717) is 0 Å². The third-order valence-corrected chi connectivity index (χ3v) is 7.61. The molecule has 0 N–H and O–H groups in total. The first-order valence-corrected chi connectivity index (χ1v) is 11.3. The highest BCUT2D eigenvalue weighted by atomic mass is 32.2. The Bertz CT molecular complexity index is 1050. The van der Waals surface area contributed by atoms with Gasteiger partial charge >= 0.3 is 11.9 Å². The van der Waals surface area contributed by atoms with E-state index in [2.05, 4.69) is 0 Å². The highest BCUT2D eigenvalue weighted by Gasteiger charge is 2.53. The Kier molecular flexibility index (Phi) is 6.04. The van der Waals surface area contributed by atoms with Crippen LogP contribution >= 0.6 is 0 Å². The van der Waals surface area contributed by atoms with E-state index in [0.717, 1.165) is 22.3 Å². The number of sulfone groups is 1. The molecule has 0 fully saturated rings. The van der Waals surface area contributed by atoms with Gasteiger partial charge in [-0.15, -0.1) is 0 Å². The zero-order chi connectivity index (χ0) is 22.1. The fourth-order valence-corrected chi connectivity index (χ4v) is 5.79. The molecule has 1 aliphatic rings. The average Bonchev–Trinajstić information content (AvgIpc) is 2.72. The van der Waals surface area contributed by atoms with Gasteiger partial charge in [0.25, 0.3) is 0 Å². The fraction of sp³-hybridized carbons (Fsp3) is 0.391. The molecule has 0 spiro atoms. The van der Waals surface area contributed by atoms with Crippen LogP contribution in [0.4, 0.5) is 0 Å². The molecule has 0 bridgehead atoms. The third kappa shape index (κ3) is 3.99. The molecule has 0 saturated carbocycles. The smallest absolute Gasteiger partial charge is 0.323 e. The summed E-state index contributed by atoms with van der Waals surface area (Å²) in [4.78, 5) is 25.6. The van der Waals surface area contributed by atoms with E-state index < -0.39 is 33.1 Å². The molecule has 30 heavy (non-hydrogen) atoms. The van der Waals surface area contributed by atoms with Gasteiger partial charge in [-0.25, -0.2) is 8.42 Å². The van der Waals surface area contributed by atoms with Gasteiger partial charge < -0.3 is 9.47 Å². The molecule has 1 atom stereocenters. The topological polar surface area (TPSA) is 86.7 Å². The minimum absolute atomic E-state index is 0.00783. The number of ether oxygens (including phenoxy) is 2. The Morgan fingerprint density at radius 2 is 1.53 bits per heavy atom. The first-order valence-electron chi connectivity index (χ1n) is 9.68. The summed E-state index contributed by atoms with van der Waals surface area (Å²) in [5, 5.41) is 0. The number of aryl methyl sites for hydroxylation is 2. The molecule has 0 saturated heterocycles. The van der Waals surface area contributed by atoms with Crippen molar-refractivity contribution in [1.29, 1.82) is 0 Å². The predicted octanol–water partition coefficient (Wildman–Crippen LogP) is 3.14. The van der Waals surface area contributed by atoms with Crippen molar-refractivity contribution in [2.24, 2.45) is 5.41 Å². The van der Waals surface area contributed by atoms with E-state index in [1.807, 2.05) is 32.0 Å². The SMILES string of the molecule is COC(=O)C1(C(=O)OC)Cc2ccc(C)cc2C(CS(=O)(=O)c2ccc(C)cc2)C1. The number of benzene rings is 2. The maximum atomic E-state index is 13.2. The van der Waals surface area contributed by atoms with Crippen molar-refractivity contribution in [3.63, 3.8) is 0 Å². The molecule has 0 aromatic heterocycles. The lowest BCUT2D eigenvalue weighted by Crippen LogP contribution is -2.47. The summed E-state index contributed by atoms with van der Waals surface area (Å²) in [6.07, 6.45) is 0.122. The van der Waals surface area contributed by atoms with Crippen molar-refractivity contribution in [1.82, 2.24) is 0 Å². The lowest BCUT2D eigenvalue weighted by molar-refractivity contribution is -0.170. The van der Waals surface area contributed by atoms with E-state index in [-0.39, 0.29) is 23.5 Å². The number of carbonyl (C=O) groups excluding carboxylic acids is 2. The molecule has 1 aliphatic carbocycles. The molecule has 3 rings (SSSR count). The molecule has 0 radical (unpaired) electrons. The second-order valence-corrected chi connectivity index (χ2v) is 9.97. The van der Waals surface area contributed by atoms with Gasteiger partial charge in [-0.05, 0) is 49.9 Å². The molecule has 0 amide bonds. The Balaban J connectivity index is 2.09. The monoisotopic (exact) mass is 430 g/mol. The van der Waals surface area contributed by atoms with Crippen molar-refractivity contribution >= 4 is 21.8 Å². The Hall–Kier alpha value is -2.67. The fourth-order valence-electron chi connectivity index (χ4n) is 4.22. The molecule has 6 nitrogen and oxygen atoms in total. The first-order chi connectivity index (χ1) is 14.1. The maximum absolute atomic E-state index is 13.2. The number of hydrogen-bond acceptors (Lipinski definition) is 6. The molecule has 0 aliphatic heterocycles. The van der Waals surface area contributed by atoms with E-state index in [1.54, 1.807) is 24.3 Å². The first kappa shape index (κ1) is 22.0. The van der Waals surface area contributed by atoms with Crippen LogP contribution in [0.5, 0.6) is 0 Å². The number of hydrogen-bond donors (Lipinski definition) is 0. The van der Waals surface area contributed by atoms with Crippen LogP contribution < -0.4 is 0 Å². The summed E-state index contributed by atoms with van der Waals surface area (Å²) in [5.74, 6) is -2.20. The van der Waals surface area contributed by atoms with Gasteiger partial charge in [0.2, 0.25) is 0 Å². The Morgan fingerprint density at radius 1 is 0.967 bits per heavy atom. The van der Waals surface area contributed by atoms with Crippen LogP contribution in [0.3, 0.4) is 0 Å². The van der Waals surface area contributed by atoms with Crippen LogP contribution in [-0.2, 0) is 35.3 Å². The van der Waals surface area contributed by atoms with Gasteiger partial charge in [0.15, 0.2) is 15.3 Å². The summed E-state index contributed by atoms with van der Waals surface area (Å²) < 4.78 is 36.2. The largest absolute Gasteiger partial charge is 0.468 e. The molecule has 7 heteroatoms. The molecule has 160 valence electrons. The van der Waals surface area contributed by atoms with Gasteiger partial charge in [0.05, 0.1) is 24.9 Å². The van der Waals surface area contributed by atoms with Crippen LogP contribution in [0.25, 0.3) is 0 Å². The number of esters is 2. The van der Waals surface area contributed by atoms with Gasteiger partial charge in [-0.1, -0.05) is 41.5 Å². The van der Waals surface area contributed by atoms with Crippen molar-refractivity contribution in [3.05, 3.63) is 64.7 Å². The van der Waals surface area contributed by atoms with Gasteiger partial charge in [-0.3, -0.25) is 9.59 Å². The minimum Gasteiger partial charge on any atom is -0.468 e. The van der Waals surface area contributed by atoms with Crippen molar-refractivity contribution in [2.45, 2.75) is 37.5 Å². The van der Waals surface area contributed by atoms with Gasteiger partial charge in [0, 0.05) is 5.92 Å². The molecule has 1 unspecified atom stereocenters. The zero-order valence-electron chi connectivity index (χ0n) is 17.6. The van der Waals surface area contributed by atoms with Gasteiger partial charge in [-0.2, -0.15) is 0 Å². The molecular formula is C23H26O6S. The normalized spacial score (nSPS) is 17.7. The van der Waals surface area contributed by atoms with Gasteiger partial charge in [0.1, 0.15) is 0 Å². The van der Waals surface area contributed by atoms with Crippen LogP contribution in [0, 0.1) is 19.3 Å². The summed E-state index contributed by atoms with van der Waals surface area (Å²) in [5.41, 5.74) is 1.97. The second kappa shape index (κ2) is 8.22. The lowest BCUT2D eigenvalue weighted by atomic mass is 9.67. The number of carbonyl (C=O) groups is 2.